The fourth-order valence-electron chi connectivity index (χ4n) is 1.66. The van der Waals surface area contributed by atoms with Crippen molar-refractivity contribution < 1.29 is 9.84 Å². The standard InChI is InChI=1S/C12H18Cl2N2O2/c1-16-4-3-10(15)11(17)7-5-8(13)12(18-2)9(14)6-7/h5-6,10-11,16-17H,3-4,15H2,1-2H3. The van der Waals surface area contributed by atoms with E-state index in [1.807, 2.05) is 7.05 Å². The molecular weight excluding hydrogens is 275 g/mol. The summed E-state index contributed by atoms with van der Waals surface area (Å²) in [7, 11) is 3.32. The monoisotopic (exact) mass is 292 g/mol. The van der Waals surface area contributed by atoms with Gasteiger partial charge in [0.2, 0.25) is 0 Å². The maximum atomic E-state index is 10.1. The van der Waals surface area contributed by atoms with Crippen LogP contribution in [-0.4, -0.2) is 31.9 Å². The Bertz CT molecular complexity index is 379. The zero-order valence-corrected chi connectivity index (χ0v) is 11.9. The van der Waals surface area contributed by atoms with E-state index in [9.17, 15) is 5.11 Å². The van der Waals surface area contributed by atoms with E-state index in [4.69, 9.17) is 33.7 Å². The highest BCUT2D eigenvalue weighted by Gasteiger charge is 2.19. The Labute approximate surface area is 117 Å². The zero-order valence-electron chi connectivity index (χ0n) is 10.4. The lowest BCUT2D eigenvalue weighted by Crippen LogP contribution is -2.31. The number of benzene rings is 1. The van der Waals surface area contributed by atoms with Crippen LogP contribution in [0.2, 0.25) is 10.0 Å². The number of hydrogen-bond acceptors (Lipinski definition) is 4. The van der Waals surface area contributed by atoms with Crippen LogP contribution in [0.25, 0.3) is 0 Å². The Balaban J connectivity index is 2.89. The lowest BCUT2D eigenvalue weighted by atomic mass is 10.0. The summed E-state index contributed by atoms with van der Waals surface area (Å²) in [4.78, 5) is 0. The van der Waals surface area contributed by atoms with Gasteiger partial charge >= 0.3 is 0 Å². The van der Waals surface area contributed by atoms with Gasteiger partial charge in [0, 0.05) is 6.04 Å². The molecule has 4 N–H and O–H groups in total. The molecule has 18 heavy (non-hydrogen) atoms. The van der Waals surface area contributed by atoms with Crippen molar-refractivity contribution in [1.29, 1.82) is 0 Å². The van der Waals surface area contributed by atoms with Crippen LogP contribution in [0.15, 0.2) is 12.1 Å². The van der Waals surface area contributed by atoms with Gasteiger partial charge in [-0.05, 0) is 37.7 Å². The summed E-state index contributed by atoms with van der Waals surface area (Å²) in [6.45, 7) is 0.732. The molecule has 1 aromatic rings. The first-order chi connectivity index (χ1) is 8.51. The van der Waals surface area contributed by atoms with Crippen molar-refractivity contribution in [1.82, 2.24) is 5.32 Å². The molecule has 0 saturated heterocycles. The van der Waals surface area contributed by atoms with E-state index in [-0.39, 0.29) is 6.04 Å². The van der Waals surface area contributed by atoms with Crippen molar-refractivity contribution >= 4 is 23.2 Å². The topological polar surface area (TPSA) is 67.5 Å². The van der Waals surface area contributed by atoms with E-state index in [0.717, 1.165) is 6.54 Å². The van der Waals surface area contributed by atoms with E-state index < -0.39 is 6.10 Å². The number of nitrogens with two attached hydrogens (primary N) is 1. The highest BCUT2D eigenvalue weighted by atomic mass is 35.5. The van der Waals surface area contributed by atoms with Crippen LogP contribution in [0.4, 0.5) is 0 Å². The molecule has 0 amide bonds. The highest BCUT2D eigenvalue weighted by molar-refractivity contribution is 6.37. The van der Waals surface area contributed by atoms with E-state index in [1.165, 1.54) is 7.11 Å². The summed E-state index contributed by atoms with van der Waals surface area (Å²) in [6.07, 6.45) is -0.155. The molecule has 1 aromatic carbocycles. The molecule has 0 spiro atoms. The quantitative estimate of drug-likeness (QED) is 0.750. The second-order valence-corrected chi connectivity index (χ2v) is 4.83. The van der Waals surface area contributed by atoms with Gasteiger partial charge in [0.15, 0.2) is 5.75 Å². The smallest absolute Gasteiger partial charge is 0.156 e. The lowest BCUT2D eigenvalue weighted by molar-refractivity contribution is 0.142. The Hall–Kier alpha value is -0.520. The predicted octanol–water partition coefficient (Wildman–Crippen LogP) is 1.97. The number of rotatable bonds is 6. The summed E-state index contributed by atoms with van der Waals surface area (Å²) in [5.74, 6) is 0.401. The Kier molecular flexibility index (Phi) is 6.18. The second kappa shape index (κ2) is 7.16. The maximum absolute atomic E-state index is 10.1. The van der Waals surface area contributed by atoms with Crippen LogP contribution < -0.4 is 15.8 Å². The molecule has 0 aliphatic rings. The van der Waals surface area contributed by atoms with Crippen molar-refractivity contribution in [2.75, 3.05) is 20.7 Å². The Morgan fingerprint density at radius 2 is 1.94 bits per heavy atom. The van der Waals surface area contributed by atoms with Gasteiger partial charge in [0.1, 0.15) is 0 Å². The molecule has 2 unspecified atom stereocenters. The van der Waals surface area contributed by atoms with Gasteiger partial charge in [-0.3, -0.25) is 0 Å². The van der Waals surface area contributed by atoms with Crippen LogP contribution in [0, 0.1) is 0 Å². The maximum Gasteiger partial charge on any atom is 0.156 e. The number of methoxy groups -OCH3 is 1. The molecule has 0 aliphatic heterocycles. The minimum Gasteiger partial charge on any atom is -0.494 e. The van der Waals surface area contributed by atoms with Crippen LogP contribution in [0.3, 0.4) is 0 Å². The van der Waals surface area contributed by atoms with Gasteiger partial charge in [0.25, 0.3) is 0 Å². The van der Waals surface area contributed by atoms with Crippen LogP contribution in [0.5, 0.6) is 5.75 Å². The van der Waals surface area contributed by atoms with Gasteiger partial charge in [0.05, 0.1) is 23.3 Å². The largest absolute Gasteiger partial charge is 0.494 e. The van der Waals surface area contributed by atoms with Gasteiger partial charge in [-0.2, -0.15) is 0 Å². The molecule has 4 nitrogen and oxygen atoms in total. The Morgan fingerprint density at radius 1 is 1.39 bits per heavy atom. The van der Waals surface area contributed by atoms with Gasteiger partial charge in [-0.25, -0.2) is 0 Å². The summed E-state index contributed by atoms with van der Waals surface area (Å²) >= 11 is 12.0. The minimum atomic E-state index is -0.806. The molecular formula is C12H18Cl2N2O2. The first kappa shape index (κ1) is 15.5. The van der Waals surface area contributed by atoms with Gasteiger partial charge < -0.3 is 20.9 Å². The third kappa shape index (κ3) is 3.73. The third-order valence-corrected chi connectivity index (χ3v) is 3.26. The SMILES string of the molecule is CNCCC(N)C(O)c1cc(Cl)c(OC)c(Cl)c1. The number of aliphatic hydroxyl groups excluding tert-OH is 1. The first-order valence-corrected chi connectivity index (χ1v) is 6.38. The van der Waals surface area contributed by atoms with Gasteiger partial charge in [-0.1, -0.05) is 23.2 Å². The highest BCUT2D eigenvalue weighted by Crippen LogP contribution is 2.36. The number of ether oxygens (including phenoxy) is 1. The average molecular weight is 293 g/mol. The molecule has 6 heteroatoms. The normalized spacial score (nSPS) is 14.3. The van der Waals surface area contributed by atoms with E-state index in [2.05, 4.69) is 5.32 Å². The molecule has 0 saturated carbocycles. The molecule has 2 atom stereocenters. The summed E-state index contributed by atoms with van der Waals surface area (Å²) < 4.78 is 5.05. The van der Waals surface area contributed by atoms with Crippen molar-refractivity contribution in [3.63, 3.8) is 0 Å². The zero-order chi connectivity index (χ0) is 13.7. The summed E-state index contributed by atoms with van der Waals surface area (Å²) in [5, 5.41) is 13.8. The molecule has 0 aliphatic carbocycles. The van der Waals surface area contributed by atoms with E-state index >= 15 is 0 Å². The molecule has 0 radical (unpaired) electrons. The summed E-state index contributed by atoms with van der Waals surface area (Å²) in [6, 6.07) is 2.87. The van der Waals surface area contributed by atoms with Crippen molar-refractivity contribution in [3.8, 4) is 5.75 Å². The van der Waals surface area contributed by atoms with E-state index in [1.54, 1.807) is 12.1 Å². The Morgan fingerprint density at radius 3 is 2.39 bits per heavy atom. The first-order valence-electron chi connectivity index (χ1n) is 5.62. The molecule has 102 valence electrons. The molecule has 0 fully saturated rings. The third-order valence-electron chi connectivity index (χ3n) is 2.70. The predicted molar refractivity (Wildman–Crippen MR) is 74.5 cm³/mol. The lowest BCUT2D eigenvalue weighted by Gasteiger charge is -2.20. The fourth-order valence-corrected chi connectivity index (χ4v) is 2.32. The number of aliphatic hydroxyl groups is 1. The molecule has 0 bridgehead atoms. The second-order valence-electron chi connectivity index (χ2n) is 4.02. The average Bonchev–Trinajstić information content (AvgIpc) is 2.34. The number of halogens is 2. The fraction of sp³-hybridized carbons (Fsp3) is 0.500. The minimum absolute atomic E-state index is 0.361. The molecule has 0 aromatic heterocycles. The van der Waals surface area contributed by atoms with E-state index in [0.29, 0.717) is 27.8 Å². The van der Waals surface area contributed by atoms with Crippen LogP contribution >= 0.6 is 23.2 Å². The summed E-state index contributed by atoms with van der Waals surface area (Å²) in [5.41, 5.74) is 6.49. The molecule has 1 rings (SSSR count). The van der Waals surface area contributed by atoms with Crippen LogP contribution in [-0.2, 0) is 0 Å². The van der Waals surface area contributed by atoms with Crippen molar-refractivity contribution in [2.45, 2.75) is 18.6 Å². The van der Waals surface area contributed by atoms with Gasteiger partial charge in [-0.15, -0.1) is 0 Å². The van der Waals surface area contributed by atoms with Crippen LogP contribution in [0.1, 0.15) is 18.1 Å². The molecule has 0 heterocycles. The number of hydrogen-bond donors (Lipinski definition) is 3. The number of nitrogens with one attached hydrogen (secondary N) is 1. The van der Waals surface area contributed by atoms with Crippen molar-refractivity contribution in [3.05, 3.63) is 27.7 Å². The van der Waals surface area contributed by atoms with Crippen molar-refractivity contribution in [2.24, 2.45) is 5.73 Å².